The molecule has 0 unspecified atom stereocenters. The van der Waals surface area contributed by atoms with Crippen LogP contribution in [0.15, 0.2) is 46.9 Å². The van der Waals surface area contributed by atoms with Crippen molar-refractivity contribution >= 4 is 28.4 Å². The highest BCUT2D eigenvalue weighted by atomic mass is 35.5. The van der Waals surface area contributed by atoms with Gasteiger partial charge in [-0.2, -0.15) is 0 Å². The highest BCUT2D eigenvalue weighted by Gasteiger charge is 2.17. The molecule has 0 aliphatic carbocycles. The number of hydrogen-bond donors (Lipinski definition) is 0. The minimum atomic E-state index is -0.474. The summed E-state index contributed by atoms with van der Waals surface area (Å²) in [6.07, 6.45) is 0. The molecule has 0 aliphatic heterocycles. The number of rotatable bonds is 3. The van der Waals surface area contributed by atoms with E-state index in [2.05, 4.69) is 0 Å². The van der Waals surface area contributed by atoms with Gasteiger partial charge < -0.3 is 9.15 Å². The van der Waals surface area contributed by atoms with E-state index in [9.17, 15) is 9.18 Å². The van der Waals surface area contributed by atoms with Crippen molar-refractivity contribution in [2.45, 2.75) is 0 Å². The Morgan fingerprint density at radius 2 is 2.05 bits per heavy atom. The van der Waals surface area contributed by atoms with Crippen LogP contribution in [0.3, 0.4) is 0 Å². The fraction of sp³-hybridized carbons (Fsp3) is 0.0625. The van der Waals surface area contributed by atoms with Crippen molar-refractivity contribution in [3.63, 3.8) is 0 Å². The zero-order chi connectivity index (χ0) is 15.0. The lowest BCUT2D eigenvalue weighted by molar-refractivity contribution is 0.101. The van der Waals surface area contributed by atoms with Gasteiger partial charge in [-0.05, 0) is 24.3 Å². The molecule has 0 amide bonds. The van der Waals surface area contributed by atoms with Crippen molar-refractivity contribution in [1.29, 1.82) is 0 Å². The average molecular weight is 305 g/mol. The molecule has 1 heterocycles. The van der Waals surface area contributed by atoms with Crippen LogP contribution < -0.4 is 4.74 Å². The van der Waals surface area contributed by atoms with Crippen LogP contribution in [-0.4, -0.2) is 12.9 Å². The zero-order valence-electron chi connectivity index (χ0n) is 11.0. The third-order valence-electron chi connectivity index (χ3n) is 3.08. The molecular weight excluding hydrogens is 295 g/mol. The first-order valence-electron chi connectivity index (χ1n) is 6.16. The van der Waals surface area contributed by atoms with E-state index in [1.807, 2.05) is 0 Å². The molecule has 0 radical (unpaired) electrons. The van der Waals surface area contributed by atoms with Gasteiger partial charge in [-0.15, -0.1) is 0 Å². The molecule has 0 spiro atoms. The summed E-state index contributed by atoms with van der Waals surface area (Å²) in [5.41, 5.74) is 0.653. The minimum Gasteiger partial charge on any atom is -0.493 e. The van der Waals surface area contributed by atoms with Gasteiger partial charge in [0, 0.05) is 22.0 Å². The van der Waals surface area contributed by atoms with E-state index in [1.165, 1.54) is 31.4 Å². The first-order valence-corrected chi connectivity index (χ1v) is 6.53. The molecule has 5 heteroatoms. The Kier molecular flexibility index (Phi) is 3.39. The number of methoxy groups -OCH3 is 1. The van der Waals surface area contributed by atoms with E-state index >= 15 is 0 Å². The molecule has 0 saturated carbocycles. The molecule has 106 valence electrons. The maximum Gasteiger partial charge on any atom is 0.228 e. The number of carbonyl (C=O) groups is 1. The van der Waals surface area contributed by atoms with Gasteiger partial charge in [-0.1, -0.05) is 23.7 Å². The average Bonchev–Trinajstić information content (AvgIpc) is 2.89. The fourth-order valence-electron chi connectivity index (χ4n) is 2.12. The van der Waals surface area contributed by atoms with Crippen LogP contribution in [0.25, 0.3) is 11.0 Å². The Bertz CT molecular complexity index is 839. The van der Waals surface area contributed by atoms with Crippen LogP contribution in [-0.2, 0) is 0 Å². The number of carbonyl (C=O) groups excluding carboxylic acids is 1. The molecular formula is C16H10ClFO3. The second-order valence-corrected chi connectivity index (χ2v) is 4.91. The van der Waals surface area contributed by atoms with Crippen LogP contribution in [0.4, 0.5) is 4.39 Å². The van der Waals surface area contributed by atoms with Crippen molar-refractivity contribution in [2.75, 3.05) is 7.11 Å². The Morgan fingerprint density at radius 1 is 1.24 bits per heavy atom. The molecule has 3 rings (SSSR count). The monoisotopic (exact) mass is 304 g/mol. The van der Waals surface area contributed by atoms with Crippen molar-refractivity contribution in [2.24, 2.45) is 0 Å². The Balaban J connectivity index is 2.11. The molecule has 0 saturated heterocycles. The van der Waals surface area contributed by atoms with Gasteiger partial charge in [0.1, 0.15) is 5.82 Å². The summed E-state index contributed by atoms with van der Waals surface area (Å²) in [6, 6.07) is 10.3. The molecule has 3 aromatic rings. The minimum absolute atomic E-state index is 0.108. The predicted octanol–water partition coefficient (Wildman–Crippen LogP) is 4.46. The number of hydrogen-bond acceptors (Lipinski definition) is 3. The quantitative estimate of drug-likeness (QED) is 0.670. The number of halogens is 2. The molecule has 1 aromatic heterocycles. The smallest absolute Gasteiger partial charge is 0.228 e. The Labute approximate surface area is 124 Å². The van der Waals surface area contributed by atoms with Crippen LogP contribution in [0, 0.1) is 5.82 Å². The highest BCUT2D eigenvalue weighted by molar-refractivity contribution is 6.31. The highest BCUT2D eigenvalue weighted by Crippen LogP contribution is 2.33. The maximum absolute atomic E-state index is 13.2. The first-order chi connectivity index (χ1) is 10.1. The molecule has 21 heavy (non-hydrogen) atoms. The van der Waals surface area contributed by atoms with Crippen LogP contribution in [0.5, 0.6) is 5.75 Å². The van der Waals surface area contributed by atoms with Gasteiger partial charge >= 0.3 is 0 Å². The Morgan fingerprint density at radius 3 is 2.76 bits per heavy atom. The standard InChI is InChI=1S/C16H10ClFO3/c1-20-14-8-11(17)5-10-7-13(21-16(10)14)15(19)9-3-2-4-12(18)6-9/h2-8H,1H3. The summed E-state index contributed by atoms with van der Waals surface area (Å²) in [5.74, 6) is -0.326. The fourth-order valence-corrected chi connectivity index (χ4v) is 2.34. The van der Waals surface area contributed by atoms with Crippen LogP contribution in [0.1, 0.15) is 16.1 Å². The zero-order valence-corrected chi connectivity index (χ0v) is 11.8. The van der Waals surface area contributed by atoms with Gasteiger partial charge in [-0.25, -0.2) is 4.39 Å². The lowest BCUT2D eigenvalue weighted by atomic mass is 10.1. The molecule has 0 bridgehead atoms. The summed E-state index contributed by atoms with van der Waals surface area (Å²) >= 11 is 5.97. The summed E-state index contributed by atoms with van der Waals surface area (Å²) in [5, 5.41) is 1.13. The van der Waals surface area contributed by atoms with Crippen molar-refractivity contribution in [3.8, 4) is 5.75 Å². The summed E-state index contributed by atoms with van der Waals surface area (Å²) in [6.45, 7) is 0. The largest absolute Gasteiger partial charge is 0.493 e. The van der Waals surface area contributed by atoms with E-state index in [4.69, 9.17) is 20.8 Å². The molecule has 3 nitrogen and oxygen atoms in total. The van der Waals surface area contributed by atoms with Gasteiger partial charge in [0.05, 0.1) is 7.11 Å². The lowest BCUT2D eigenvalue weighted by Crippen LogP contribution is -1.99. The van der Waals surface area contributed by atoms with E-state index in [1.54, 1.807) is 18.2 Å². The number of fused-ring (bicyclic) bond motifs is 1. The molecule has 0 fully saturated rings. The van der Waals surface area contributed by atoms with E-state index < -0.39 is 11.6 Å². The lowest BCUT2D eigenvalue weighted by Gasteiger charge is -2.00. The number of furan rings is 1. The van der Waals surface area contributed by atoms with Crippen LogP contribution in [0.2, 0.25) is 5.02 Å². The number of ketones is 1. The summed E-state index contributed by atoms with van der Waals surface area (Å²) in [4.78, 5) is 12.3. The second-order valence-electron chi connectivity index (χ2n) is 4.48. The second kappa shape index (κ2) is 5.22. The van der Waals surface area contributed by atoms with Gasteiger partial charge in [-0.3, -0.25) is 4.79 Å². The van der Waals surface area contributed by atoms with Crippen molar-refractivity contribution < 1.29 is 18.3 Å². The molecule has 0 N–H and O–H groups in total. The molecule has 0 aliphatic rings. The van der Waals surface area contributed by atoms with Gasteiger partial charge in [0.25, 0.3) is 0 Å². The van der Waals surface area contributed by atoms with E-state index in [0.29, 0.717) is 21.7 Å². The van der Waals surface area contributed by atoms with Gasteiger partial charge in [0.2, 0.25) is 5.78 Å². The number of benzene rings is 2. The third kappa shape index (κ3) is 2.50. The van der Waals surface area contributed by atoms with Gasteiger partial charge in [0.15, 0.2) is 17.1 Å². The van der Waals surface area contributed by atoms with Crippen molar-refractivity contribution in [3.05, 3.63) is 64.6 Å². The molecule has 2 aromatic carbocycles. The maximum atomic E-state index is 13.2. The topological polar surface area (TPSA) is 39.4 Å². The SMILES string of the molecule is COc1cc(Cl)cc2cc(C(=O)c3cccc(F)c3)oc12. The first kappa shape index (κ1) is 13.6. The normalized spacial score (nSPS) is 10.8. The summed E-state index contributed by atoms with van der Waals surface area (Å²) < 4.78 is 23.9. The van der Waals surface area contributed by atoms with E-state index in [-0.39, 0.29) is 11.3 Å². The van der Waals surface area contributed by atoms with Crippen molar-refractivity contribution in [1.82, 2.24) is 0 Å². The summed E-state index contributed by atoms with van der Waals surface area (Å²) in [7, 11) is 1.49. The predicted molar refractivity (Wildman–Crippen MR) is 77.6 cm³/mol. The Hall–Kier alpha value is -2.33. The molecule has 0 atom stereocenters. The number of ether oxygens (including phenoxy) is 1. The third-order valence-corrected chi connectivity index (χ3v) is 3.30. The van der Waals surface area contributed by atoms with E-state index in [0.717, 1.165) is 0 Å². The van der Waals surface area contributed by atoms with Crippen LogP contribution >= 0.6 is 11.6 Å².